The van der Waals surface area contributed by atoms with E-state index >= 15 is 0 Å². The molecule has 1 fully saturated rings. The molecular weight excluding hydrogens is 327 g/mol. The minimum atomic E-state index is -0.419. The first-order valence-electron chi connectivity index (χ1n) is 7.14. The number of halogens is 2. The maximum atomic E-state index is 11.8. The lowest BCUT2D eigenvalue weighted by molar-refractivity contribution is -0.122. The van der Waals surface area contributed by atoms with Gasteiger partial charge in [0.05, 0.1) is 18.8 Å². The molecule has 0 aliphatic carbocycles. The summed E-state index contributed by atoms with van der Waals surface area (Å²) >= 11 is 5.88. The molecule has 0 spiro atoms. The lowest BCUT2D eigenvalue weighted by atomic mass is 10.2. The van der Waals surface area contributed by atoms with Gasteiger partial charge >= 0.3 is 0 Å². The Morgan fingerprint density at radius 3 is 2.95 bits per heavy atom. The third-order valence-corrected chi connectivity index (χ3v) is 3.67. The predicted molar refractivity (Wildman–Crippen MR) is 89.0 cm³/mol. The van der Waals surface area contributed by atoms with Gasteiger partial charge in [0.25, 0.3) is 0 Å². The van der Waals surface area contributed by atoms with Crippen molar-refractivity contribution in [2.75, 3.05) is 19.7 Å². The van der Waals surface area contributed by atoms with Gasteiger partial charge < -0.3 is 20.5 Å². The summed E-state index contributed by atoms with van der Waals surface area (Å²) in [6, 6.07) is 5.22. The first kappa shape index (κ1) is 19.0. The fourth-order valence-electron chi connectivity index (χ4n) is 2.28. The fraction of sp³-hybridized carbons (Fsp3) is 0.533. The van der Waals surface area contributed by atoms with E-state index in [1.54, 1.807) is 6.07 Å². The van der Waals surface area contributed by atoms with Gasteiger partial charge in [-0.1, -0.05) is 11.6 Å². The Morgan fingerprint density at radius 2 is 2.32 bits per heavy atom. The second-order valence-corrected chi connectivity index (χ2v) is 5.69. The molecule has 1 aliphatic heterocycles. The molecule has 7 heteroatoms. The van der Waals surface area contributed by atoms with Crippen molar-refractivity contribution >= 4 is 29.9 Å². The molecule has 0 bridgehead atoms. The molecule has 1 heterocycles. The van der Waals surface area contributed by atoms with Gasteiger partial charge in [0, 0.05) is 18.1 Å². The molecule has 5 nitrogen and oxygen atoms in total. The molecule has 1 amide bonds. The first-order chi connectivity index (χ1) is 10.1. The Balaban J connectivity index is 0.00000242. The number of aryl methyl sites for hydroxylation is 1. The molecule has 1 aromatic rings. The van der Waals surface area contributed by atoms with Crippen molar-refractivity contribution in [3.05, 3.63) is 28.8 Å². The highest BCUT2D eigenvalue weighted by atomic mass is 35.5. The molecule has 0 aromatic heterocycles. The molecule has 22 heavy (non-hydrogen) atoms. The zero-order valence-electron chi connectivity index (χ0n) is 12.5. The van der Waals surface area contributed by atoms with Gasteiger partial charge in [-0.15, -0.1) is 12.4 Å². The molecule has 1 saturated heterocycles. The lowest BCUT2D eigenvalue weighted by Crippen LogP contribution is -2.40. The minimum absolute atomic E-state index is 0. The van der Waals surface area contributed by atoms with Crippen molar-refractivity contribution < 1.29 is 14.6 Å². The normalized spacial score (nSPS) is 20.3. The van der Waals surface area contributed by atoms with Gasteiger partial charge in [0.2, 0.25) is 5.91 Å². The van der Waals surface area contributed by atoms with Crippen LogP contribution in [0, 0.1) is 6.92 Å². The molecular formula is C15H22Cl2N2O3. The van der Waals surface area contributed by atoms with Crippen LogP contribution >= 0.6 is 24.0 Å². The predicted octanol–water partition coefficient (Wildman–Crippen LogP) is 1.68. The summed E-state index contributed by atoms with van der Waals surface area (Å²) in [6.07, 6.45) is 0.784. The highest BCUT2D eigenvalue weighted by Gasteiger charge is 2.27. The highest BCUT2D eigenvalue weighted by molar-refractivity contribution is 6.30. The monoisotopic (exact) mass is 348 g/mol. The van der Waals surface area contributed by atoms with Crippen LogP contribution < -0.4 is 15.4 Å². The van der Waals surface area contributed by atoms with E-state index in [1.807, 2.05) is 19.1 Å². The number of aliphatic hydroxyl groups excluding tert-OH is 1. The van der Waals surface area contributed by atoms with Crippen LogP contribution in [0.1, 0.15) is 18.4 Å². The summed E-state index contributed by atoms with van der Waals surface area (Å²) in [5, 5.41) is 15.9. The molecule has 2 atom stereocenters. The van der Waals surface area contributed by atoms with Crippen LogP contribution in [-0.4, -0.2) is 42.9 Å². The van der Waals surface area contributed by atoms with Crippen molar-refractivity contribution in [3.8, 4) is 5.75 Å². The molecule has 2 rings (SSSR count). The molecule has 0 saturated carbocycles. The molecule has 124 valence electrons. The SMILES string of the molecule is Cc1cc(Cl)ccc1OCCCNC(=O)C1CC(O)CN1.Cl. The van der Waals surface area contributed by atoms with E-state index in [0.717, 1.165) is 17.7 Å². The van der Waals surface area contributed by atoms with Gasteiger partial charge in [-0.2, -0.15) is 0 Å². The van der Waals surface area contributed by atoms with Crippen molar-refractivity contribution in [2.24, 2.45) is 0 Å². The summed E-state index contributed by atoms with van der Waals surface area (Å²) < 4.78 is 5.65. The van der Waals surface area contributed by atoms with Crippen molar-refractivity contribution in [1.82, 2.24) is 10.6 Å². The first-order valence-corrected chi connectivity index (χ1v) is 7.52. The van der Waals surface area contributed by atoms with Crippen molar-refractivity contribution in [1.29, 1.82) is 0 Å². The Hall–Kier alpha value is -1.01. The van der Waals surface area contributed by atoms with Crippen LogP contribution in [-0.2, 0) is 4.79 Å². The van der Waals surface area contributed by atoms with E-state index in [4.69, 9.17) is 16.3 Å². The van der Waals surface area contributed by atoms with E-state index in [2.05, 4.69) is 10.6 Å². The zero-order valence-corrected chi connectivity index (χ0v) is 14.0. The number of carbonyl (C=O) groups excluding carboxylic acids is 1. The van der Waals surface area contributed by atoms with Crippen LogP contribution in [0.4, 0.5) is 0 Å². The van der Waals surface area contributed by atoms with Gasteiger partial charge in [-0.05, 0) is 43.5 Å². The molecule has 0 radical (unpaired) electrons. The summed E-state index contributed by atoms with van der Waals surface area (Å²) in [6.45, 7) is 3.51. The highest BCUT2D eigenvalue weighted by Crippen LogP contribution is 2.21. The number of aliphatic hydroxyl groups is 1. The third kappa shape index (κ3) is 5.65. The van der Waals surface area contributed by atoms with Gasteiger partial charge in [-0.25, -0.2) is 0 Å². The van der Waals surface area contributed by atoms with Crippen LogP contribution in [0.25, 0.3) is 0 Å². The van der Waals surface area contributed by atoms with E-state index in [-0.39, 0.29) is 24.4 Å². The van der Waals surface area contributed by atoms with Crippen molar-refractivity contribution in [3.63, 3.8) is 0 Å². The number of nitrogens with one attached hydrogen (secondary N) is 2. The maximum Gasteiger partial charge on any atom is 0.237 e. The van der Waals surface area contributed by atoms with Crippen LogP contribution in [0.15, 0.2) is 18.2 Å². The van der Waals surface area contributed by atoms with Crippen molar-refractivity contribution in [2.45, 2.75) is 31.9 Å². The Kier molecular flexibility index (Phi) is 7.96. The van der Waals surface area contributed by atoms with Gasteiger partial charge in [-0.3, -0.25) is 4.79 Å². The average Bonchev–Trinajstić information content (AvgIpc) is 2.87. The topological polar surface area (TPSA) is 70.6 Å². The molecule has 1 aliphatic rings. The van der Waals surface area contributed by atoms with Crippen LogP contribution in [0.2, 0.25) is 5.02 Å². The van der Waals surface area contributed by atoms with E-state index < -0.39 is 6.10 Å². The molecule has 3 N–H and O–H groups in total. The number of ether oxygens (including phenoxy) is 1. The second-order valence-electron chi connectivity index (χ2n) is 5.25. The number of amides is 1. The third-order valence-electron chi connectivity index (χ3n) is 3.44. The summed E-state index contributed by atoms with van der Waals surface area (Å²) in [5.74, 6) is 0.750. The van der Waals surface area contributed by atoms with Crippen LogP contribution in [0.5, 0.6) is 5.75 Å². The zero-order chi connectivity index (χ0) is 15.2. The molecule has 1 aromatic carbocycles. The largest absolute Gasteiger partial charge is 0.493 e. The van der Waals surface area contributed by atoms with E-state index in [9.17, 15) is 9.90 Å². The van der Waals surface area contributed by atoms with E-state index in [0.29, 0.717) is 31.1 Å². The lowest BCUT2D eigenvalue weighted by Gasteiger charge is -2.12. The summed E-state index contributed by atoms with van der Waals surface area (Å²) in [5.41, 5.74) is 0.996. The number of hydrogen-bond donors (Lipinski definition) is 3. The van der Waals surface area contributed by atoms with Crippen LogP contribution in [0.3, 0.4) is 0 Å². The van der Waals surface area contributed by atoms with Gasteiger partial charge in [0.15, 0.2) is 0 Å². The molecule has 2 unspecified atom stereocenters. The van der Waals surface area contributed by atoms with E-state index in [1.165, 1.54) is 0 Å². The quantitative estimate of drug-likeness (QED) is 0.684. The summed E-state index contributed by atoms with van der Waals surface area (Å²) in [7, 11) is 0. The fourth-order valence-corrected chi connectivity index (χ4v) is 2.51. The minimum Gasteiger partial charge on any atom is -0.493 e. The number of carbonyl (C=O) groups is 1. The Labute approximate surface area is 141 Å². The number of rotatable bonds is 6. The average molecular weight is 349 g/mol. The standard InChI is InChI=1S/C15H21ClN2O3.ClH/c1-10-7-11(16)3-4-14(10)21-6-2-5-17-15(20)13-8-12(19)9-18-13;/h3-4,7,12-13,18-19H,2,5-6,8-9H2,1H3,(H,17,20);1H. The Morgan fingerprint density at radius 1 is 1.55 bits per heavy atom. The Bertz CT molecular complexity index is 500. The number of benzene rings is 1. The number of hydrogen-bond acceptors (Lipinski definition) is 4. The van der Waals surface area contributed by atoms with Gasteiger partial charge in [0.1, 0.15) is 5.75 Å². The smallest absolute Gasteiger partial charge is 0.237 e. The second kappa shape index (κ2) is 9.20. The number of β-amino-alcohol motifs (C(OH)–C–C–N with tert-alkyl or cyclic N) is 1. The maximum absolute atomic E-state index is 11.8. The summed E-state index contributed by atoms with van der Waals surface area (Å²) in [4.78, 5) is 11.8.